The van der Waals surface area contributed by atoms with E-state index in [4.69, 9.17) is 16.3 Å². The largest absolute Gasteiger partial charge is 0.489 e. The summed E-state index contributed by atoms with van der Waals surface area (Å²) in [5, 5.41) is 12.0. The molecule has 2 aromatic carbocycles. The van der Waals surface area contributed by atoms with Crippen LogP contribution in [-0.4, -0.2) is 29.4 Å². The number of anilines is 1. The molecule has 0 spiro atoms. The molecule has 0 aliphatic heterocycles. The summed E-state index contributed by atoms with van der Waals surface area (Å²) in [6.07, 6.45) is 1.40. The van der Waals surface area contributed by atoms with Crippen LogP contribution in [0.5, 0.6) is 5.75 Å². The van der Waals surface area contributed by atoms with E-state index < -0.39 is 15.7 Å². The van der Waals surface area contributed by atoms with Crippen LogP contribution in [0.4, 0.5) is 5.13 Å². The maximum Gasteiger partial charge on any atom is 0.268 e. The number of rotatable bonds is 8. The van der Waals surface area contributed by atoms with Gasteiger partial charge in [0.15, 0.2) is 0 Å². The van der Waals surface area contributed by atoms with Gasteiger partial charge in [0.25, 0.3) is 11.1 Å². The number of halogens is 1. The SMILES string of the molecule is CCS(=O)(=O)c1nsc(NC(=O)C(C#N)=Cc2ccc(OCc3ccccc3Cl)cc2)n1. The highest BCUT2D eigenvalue weighted by Crippen LogP contribution is 2.20. The van der Waals surface area contributed by atoms with Gasteiger partial charge in [0.05, 0.1) is 5.75 Å². The molecule has 0 bridgehead atoms. The van der Waals surface area contributed by atoms with Crippen molar-refractivity contribution in [3.8, 4) is 11.8 Å². The Kier molecular flexibility index (Phi) is 7.58. The van der Waals surface area contributed by atoms with Crippen molar-refractivity contribution in [1.29, 1.82) is 5.26 Å². The summed E-state index contributed by atoms with van der Waals surface area (Å²) >= 11 is 6.84. The Bertz CT molecular complexity index is 1300. The van der Waals surface area contributed by atoms with Gasteiger partial charge in [-0.25, -0.2) is 8.42 Å². The van der Waals surface area contributed by atoms with E-state index in [0.29, 0.717) is 22.9 Å². The Hall–Kier alpha value is -3.26. The lowest BCUT2D eigenvalue weighted by Crippen LogP contribution is -2.13. The fraction of sp³-hybridized carbons (Fsp3) is 0.143. The van der Waals surface area contributed by atoms with E-state index in [0.717, 1.165) is 17.1 Å². The number of nitrogens with zero attached hydrogens (tertiary/aromatic N) is 3. The van der Waals surface area contributed by atoms with Crippen molar-refractivity contribution in [2.24, 2.45) is 0 Å². The molecule has 11 heteroatoms. The van der Waals surface area contributed by atoms with Crippen molar-refractivity contribution < 1.29 is 17.9 Å². The molecule has 0 unspecified atom stereocenters. The highest BCUT2D eigenvalue weighted by molar-refractivity contribution is 7.91. The number of ether oxygens (including phenoxy) is 1. The second kappa shape index (κ2) is 10.4. The molecule has 1 amide bonds. The Morgan fingerprint density at radius 1 is 1.25 bits per heavy atom. The topological polar surface area (TPSA) is 122 Å². The molecule has 0 aliphatic rings. The number of carbonyl (C=O) groups is 1. The fourth-order valence-electron chi connectivity index (χ4n) is 2.43. The van der Waals surface area contributed by atoms with E-state index >= 15 is 0 Å². The van der Waals surface area contributed by atoms with E-state index in [-0.39, 0.29) is 21.6 Å². The number of benzene rings is 2. The molecule has 3 rings (SSSR count). The van der Waals surface area contributed by atoms with Gasteiger partial charge in [0, 0.05) is 22.1 Å². The first-order chi connectivity index (χ1) is 15.3. The summed E-state index contributed by atoms with van der Waals surface area (Å²) in [6, 6.07) is 16.0. The lowest BCUT2D eigenvalue weighted by atomic mass is 10.1. The first-order valence-electron chi connectivity index (χ1n) is 9.28. The number of hydrogen-bond donors (Lipinski definition) is 1. The second-order valence-electron chi connectivity index (χ2n) is 6.36. The number of carbonyl (C=O) groups excluding carboxylic acids is 1. The van der Waals surface area contributed by atoms with Gasteiger partial charge in [-0.15, -0.1) is 0 Å². The van der Waals surface area contributed by atoms with Crippen molar-refractivity contribution in [3.63, 3.8) is 0 Å². The molecule has 0 saturated carbocycles. The molecule has 32 heavy (non-hydrogen) atoms. The molecule has 0 saturated heterocycles. The predicted molar refractivity (Wildman–Crippen MR) is 122 cm³/mol. The van der Waals surface area contributed by atoms with Crippen LogP contribution in [-0.2, 0) is 21.2 Å². The van der Waals surface area contributed by atoms with Gasteiger partial charge in [0.2, 0.25) is 15.0 Å². The second-order valence-corrected chi connectivity index (χ2v) is 9.69. The van der Waals surface area contributed by atoms with E-state index in [1.54, 1.807) is 30.3 Å². The summed E-state index contributed by atoms with van der Waals surface area (Å²) in [5.41, 5.74) is 1.28. The van der Waals surface area contributed by atoms with Crippen LogP contribution in [0.1, 0.15) is 18.1 Å². The predicted octanol–water partition coefficient (Wildman–Crippen LogP) is 4.11. The fourth-order valence-corrected chi connectivity index (χ4v) is 4.21. The maximum atomic E-state index is 12.4. The van der Waals surface area contributed by atoms with Crippen molar-refractivity contribution in [2.45, 2.75) is 18.7 Å². The van der Waals surface area contributed by atoms with Crippen LogP contribution in [0.2, 0.25) is 5.02 Å². The third-order valence-electron chi connectivity index (χ3n) is 4.19. The summed E-state index contributed by atoms with van der Waals surface area (Å²) in [5.74, 6) is -0.273. The Morgan fingerprint density at radius 3 is 2.62 bits per heavy atom. The number of nitriles is 1. The van der Waals surface area contributed by atoms with E-state index in [1.807, 2.05) is 24.3 Å². The highest BCUT2D eigenvalue weighted by Gasteiger charge is 2.20. The van der Waals surface area contributed by atoms with Gasteiger partial charge in [-0.3, -0.25) is 10.1 Å². The smallest absolute Gasteiger partial charge is 0.268 e. The monoisotopic (exact) mass is 488 g/mol. The minimum atomic E-state index is -3.58. The molecule has 8 nitrogen and oxygen atoms in total. The summed E-state index contributed by atoms with van der Waals surface area (Å²) in [7, 11) is -3.58. The highest BCUT2D eigenvalue weighted by atomic mass is 35.5. The normalized spacial score (nSPS) is 11.6. The Balaban J connectivity index is 1.66. The zero-order chi connectivity index (χ0) is 23.1. The van der Waals surface area contributed by atoms with Crippen molar-refractivity contribution in [1.82, 2.24) is 9.36 Å². The van der Waals surface area contributed by atoms with Crippen molar-refractivity contribution in [2.75, 3.05) is 11.1 Å². The zero-order valence-corrected chi connectivity index (χ0v) is 19.2. The number of nitrogens with one attached hydrogen (secondary N) is 1. The van der Waals surface area contributed by atoms with Gasteiger partial charge in [0.1, 0.15) is 24.0 Å². The summed E-state index contributed by atoms with van der Waals surface area (Å²) < 4.78 is 33.0. The van der Waals surface area contributed by atoms with E-state index in [9.17, 15) is 18.5 Å². The minimum Gasteiger partial charge on any atom is -0.489 e. The van der Waals surface area contributed by atoms with Gasteiger partial charge in [-0.05, 0) is 29.8 Å². The first kappa shape index (κ1) is 23.4. The molecule has 0 radical (unpaired) electrons. The Morgan fingerprint density at radius 2 is 1.97 bits per heavy atom. The van der Waals surface area contributed by atoms with Crippen LogP contribution < -0.4 is 10.1 Å². The first-order valence-corrected chi connectivity index (χ1v) is 12.1. The van der Waals surface area contributed by atoms with E-state index in [2.05, 4.69) is 14.7 Å². The lowest BCUT2D eigenvalue weighted by Gasteiger charge is -2.08. The van der Waals surface area contributed by atoms with Crippen molar-refractivity contribution >= 4 is 50.1 Å². The number of hydrogen-bond acceptors (Lipinski definition) is 8. The molecule has 3 aromatic rings. The van der Waals surface area contributed by atoms with Crippen LogP contribution in [0.3, 0.4) is 0 Å². The third-order valence-corrected chi connectivity index (χ3v) is 6.81. The van der Waals surface area contributed by atoms with Gasteiger partial charge < -0.3 is 4.74 Å². The molecular formula is C21H17ClN4O4S2. The van der Waals surface area contributed by atoms with Gasteiger partial charge in [-0.1, -0.05) is 48.9 Å². The van der Waals surface area contributed by atoms with E-state index in [1.165, 1.54) is 13.0 Å². The average molecular weight is 489 g/mol. The van der Waals surface area contributed by atoms with Crippen LogP contribution >= 0.6 is 23.1 Å². The standard InChI is InChI=1S/C21H17ClN4O4S2/c1-2-32(28,29)21-25-20(31-26-21)24-19(27)16(12-23)11-14-7-9-17(10-8-14)30-13-15-5-3-4-6-18(15)22/h3-11H,2,13H2,1H3,(H,24,25,26,27). The maximum absolute atomic E-state index is 12.4. The molecule has 164 valence electrons. The average Bonchev–Trinajstić information content (AvgIpc) is 3.27. The summed E-state index contributed by atoms with van der Waals surface area (Å²) in [4.78, 5) is 16.2. The zero-order valence-electron chi connectivity index (χ0n) is 16.8. The summed E-state index contributed by atoms with van der Waals surface area (Å²) in [6.45, 7) is 1.77. The molecule has 1 heterocycles. The Labute approximate surface area is 194 Å². The lowest BCUT2D eigenvalue weighted by molar-refractivity contribution is -0.112. The number of sulfone groups is 1. The third kappa shape index (κ3) is 5.91. The number of aromatic nitrogens is 2. The molecule has 0 fully saturated rings. The van der Waals surface area contributed by atoms with Crippen LogP contribution in [0.25, 0.3) is 6.08 Å². The van der Waals surface area contributed by atoms with Gasteiger partial charge in [-0.2, -0.15) is 14.6 Å². The van der Waals surface area contributed by atoms with Crippen LogP contribution in [0, 0.1) is 11.3 Å². The van der Waals surface area contributed by atoms with Gasteiger partial charge >= 0.3 is 0 Å². The molecule has 1 N–H and O–H groups in total. The molecule has 1 aromatic heterocycles. The van der Waals surface area contributed by atoms with Crippen molar-refractivity contribution in [3.05, 3.63) is 70.3 Å². The number of amides is 1. The molecule has 0 atom stereocenters. The van der Waals surface area contributed by atoms with Crippen LogP contribution in [0.15, 0.2) is 59.3 Å². The molecular weight excluding hydrogens is 472 g/mol. The quantitative estimate of drug-likeness (QED) is 0.374. The molecule has 0 aliphatic carbocycles. The minimum absolute atomic E-state index is 0.00787.